The van der Waals surface area contributed by atoms with E-state index in [1.54, 1.807) is 24.3 Å². The first-order chi connectivity index (χ1) is 14.2. The molecular weight excluding hydrogens is 420 g/mol. The van der Waals surface area contributed by atoms with Crippen LogP contribution < -0.4 is 4.72 Å². The van der Waals surface area contributed by atoms with Crippen LogP contribution in [0.2, 0.25) is 0 Å². The number of ketones is 1. The summed E-state index contributed by atoms with van der Waals surface area (Å²) in [6, 6.07) is 16.4. The largest absolute Gasteiger partial charge is 0.293 e. The summed E-state index contributed by atoms with van der Waals surface area (Å²) in [5, 5.41) is 9.94. The van der Waals surface area contributed by atoms with Crippen LogP contribution in [0.1, 0.15) is 22.8 Å². The molecule has 9 heteroatoms. The number of Topliss-reactive ketones (excluding diaryl/α,β-unsaturated/α-hetero) is 1. The number of pyridine rings is 1. The number of nitrogens with zero attached hydrogens (tertiary/aromatic N) is 3. The summed E-state index contributed by atoms with van der Waals surface area (Å²) in [5.41, 5.74) is 3.78. The van der Waals surface area contributed by atoms with Gasteiger partial charge >= 0.3 is 0 Å². The van der Waals surface area contributed by atoms with Crippen LogP contribution in [0, 0.1) is 6.92 Å². The molecule has 1 atom stereocenters. The zero-order valence-electron chi connectivity index (χ0n) is 16.7. The fourth-order valence-electron chi connectivity index (χ4n) is 3.31. The number of para-hydroxylation sites is 1. The molecule has 0 amide bonds. The van der Waals surface area contributed by atoms with Crippen LogP contribution in [-0.4, -0.2) is 40.3 Å². The summed E-state index contributed by atoms with van der Waals surface area (Å²) in [7, 11) is -3.36. The Hall–Kier alpha value is -2.91. The van der Waals surface area contributed by atoms with Crippen molar-refractivity contribution in [1.29, 1.82) is 0 Å². The van der Waals surface area contributed by atoms with E-state index in [4.69, 9.17) is 0 Å². The van der Waals surface area contributed by atoms with Gasteiger partial charge in [-0.25, -0.2) is 8.42 Å². The van der Waals surface area contributed by atoms with Crippen LogP contribution in [0.4, 0.5) is 5.69 Å². The highest BCUT2D eigenvalue weighted by molar-refractivity contribution is 8.00. The van der Waals surface area contributed by atoms with E-state index in [1.165, 1.54) is 11.8 Å². The zero-order valence-corrected chi connectivity index (χ0v) is 18.3. The van der Waals surface area contributed by atoms with Crippen molar-refractivity contribution in [1.82, 2.24) is 14.6 Å². The average molecular weight is 441 g/mol. The second-order valence-corrected chi connectivity index (χ2v) is 10.2. The van der Waals surface area contributed by atoms with E-state index >= 15 is 0 Å². The van der Waals surface area contributed by atoms with Crippen molar-refractivity contribution in [2.24, 2.45) is 0 Å². The highest BCUT2D eigenvalue weighted by Crippen LogP contribution is 2.29. The Morgan fingerprint density at radius 3 is 2.50 bits per heavy atom. The van der Waals surface area contributed by atoms with Crippen LogP contribution in [0.25, 0.3) is 16.6 Å². The Bertz CT molecular complexity index is 1360. The lowest BCUT2D eigenvalue weighted by molar-refractivity contribution is 0.0994. The SMILES string of the molecule is Cc1cc2nnc(S[C@@H](C)C(=O)c3ccc(NS(C)(=O)=O)cc3)n2c2ccccc12. The van der Waals surface area contributed by atoms with Crippen LogP contribution in [0.5, 0.6) is 0 Å². The highest BCUT2D eigenvalue weighted by atomic mass is 32.2. The van der Waals surface area contributed by atoms with Crippen molar-refractivity contribution in [2.45, 2.75) is 24.3 Å². The van der Waals surface area contributed by atoms with Gasteiger partial charge in [0.1, 0.15) is 0 Å². The fourth-order valence-corrected chi connectivity index (χ4v) is 4.82. The van der Waals surface area contributed by atoms with E-state index in [0.717, 1.165) is 28.4 Å². The van der Waals surface area contributed by atoms with Crippen LogP contribution >= 0.6 is 11.8 Å². The number of benzene rings is 2. The number of fused-ring (bicyclic) bond motifs is 3. The van der Waals surface area contributed by atoms with Crippen molar-refractivity contribution < 1.29 is 13.2 Å². The van der Waals surface area contributed by atoms with Gasteiger partial charge in [-0.2, -0.15) is 0 Å². The maximum atomic E-state index is 12.9. The Balaban J connectivity index is 1.61. The third kappa shape index (κ3) is 4.03. The second kappa shape index (κ2) is 7.73. The van der Waals surface area contributed by atoms with Gasteiger partial charge in [0.2, 0.25) is 10.0 Å². The molecule has 154 valence electrons. The third-order valence-electron chi connectivity index (χ3n) is 4.70. The molecule has 30 heavy (non-hydrogen) atoms. The van der Waals surface area contributed by atoms with E-state index in [-0.39, 0.29) is 5.78 Å². The van der Waals surface area contributed by atoms with E-state index in [9.17, 15) is 13.2 Å². The number of rotatable bonds is 6. The average Bonchev–Trinajstić information content (AvgIpc) is 3.09. The number of carbonyl (C=O) groups is 1. The van der Waals surface area contributed by atoms with Crippen molar-refractivity contribution in [3.63, 3.8) is 0 Å². The van der Waals surface area contributed by atoms with Crippen LogP contribution in [0.3, 0.4) is 0 Å². The normalized spacial score (nSPS) is 12.9. The summed E-state index contributed by atoms with van der Waals surface area (Å²) in [6.45, 7) is 3.87. The van der Waals surface area contributed by atoms with Crippen molar-refractivity contribution >= 4 is 49.8 Å². The van der Waals surface area contributed by atoms with Gasteiger partial charge in [-0.1, -0.05) is 30.0 Å². The maximum absolute atomic E-state index is 12.9. The number of carbonyl (C=O) groups excluding carboxylic acids is 1. The molecule has 0 bridgehead atoms. The Labute approximate surface area is 178 Å². The first-order valence-corrected chi connectivity index (χ1v) is 12.0. The minimum absolute atomic E-state index is 0.0703. The van der Waals surface area contributed by atoms with E-state index in [0.29, 0.717) is 16.4 Å². The number of sulfonamides is 1. The number of hydrogen-bond donors (Lipinski definition) is 1. The van der Waals surface area contributed by atoms with E-state index in [1.807, 2.05) is 42.5 Å². The molecule has 0 radical (unpaired) electrons. The Kier molecular flexibility index (Phi) is 5.25. The molecule has 4 aromatic rings. The van der Waals surface area contributed by atoms with Gasteiger partial charge in [-0.3, -0.25) is 13.9 Å². The highest BCUT2D eigenvalue weighted by Gasteiger charge is 2.20. The fraction of sp³-hybridized carbons (Fsp3) is 0.190. The number of aryl methyl sites for hydroxylation is 1. The monoisotopic (exact) mass is 440 g/mol. The van der Waals surface area contributed by atoms with Gasteiger partial charge in [-0.05, 0) is 55.8 Å². The van der Waals surface area contributed by atoms with Gasteiger partial charge in [0.05, 0.1) is 17.0 Å². The van der Waals surface area contributed by atoms with Crippen molar-refractivity contribution in [3.8, 4) is 0 Å². The summed E-state index contributed by atoms with van der Waals surface area (Å²) in [4.78, 5) is 12.9. The number of hydrogen-bond acceptors (Lipinski definition) is 6. The molecule has 2 aromatic carbocycles. The molecule has 2 heterocycles. The molecule has 0 saturated carbocycles. The minimum Gasteiger partial charge on any atom is -0.293 e. The first kappa shape index (κ1) is 20.4. The predicted molar refractivity (Wildman–Crippen MR) is 120 cm³/mol. The number of aromatic nitrogens is 3. The van der Waals surface area contributed by atoms with Crippen molar-refractivity contribution in [3.05, 3.63) is 65.7 Å². The number of nitrogens with one attached hydrogen (secondary N) is 1. The lowest BCUT2D eigenvalue weighted by Crippen LogP contribution is -2.14. The summed E-state index contributed by atoms with van der Waals surface area (Å²) in [6.07, 6.45) is 1.08. The lowest BCUT2D eigenvalue weighted by atomic mass is 10.1. The maximum Gasteiger partial charge on any atom is 0.229 e. The van der Waals surface area contributed by atoms with E-state index in [2.05, 4.69) is 21.0 Å². The van der Waals surface area contributed by atoms with Gasteiger partial charge in [0, 0.05) is 16.6 Å². The predicted octanol–water partition coefficient (Wildman–Crippen LogP) is 3.93. The van der Waals surface area contributed by atoms with Gasteiger partial charge in [0.15, 0.2) is 16.6 Å². The molecule has 0 spiro atoms. The Morgan fingerprint density at radius 1 is 1.10 bits per heavy atom. The molecule has 0 saturated heterocycles. The smallest absolute Gasteiger partial charge is 0.229 e. The molecule has 4 rings (SSSR count). The van der Waals surface area contributed by atoms with Gasteiger partial charge in [-0.15, -0.1) is 10.2 Å². The molecule has 1 N–H and O–H groups in total. The van der Waals surface area contributed by atoms with Gasteiger partial charge in [0.25, 0.3) is 0 Å². The lowest BCUT2D eigenvalue weighted by Gasteiger charge is -2.11. The minimum atomic E-state index is -3.36. The Morgan fingerprint density at radius 2 is 1.80 bits per heavy atom. The molecule has 0 aliphatic rings. The second-order valence-electron chi connectivity index (χ2n) is 7.10. The summed E-state index contributed by atoms with van der Waals surface area (Å²) >= 11 is 1.35. The topological polar surface area (TPSA) is 93.4 Å². The molecule has 7 nitrogen and oxygen atoms in total. The van der Waals surface area contributed by atoms with Crippen LogP contribution in [0.15, 0.2) is 59.8 Å². The summed E-state index contributed by atoms with van der Waals surface area (Å²) in [5.74, 6) is -0.0703. The van der Waals surface area contributed by atoms with Crippen LogP contribution in [-0.2, 0) is 10.0 Å². The van der Waals surface area contributed by atoms with Gasteiger partial charge < -0.3 is 0 Å². The molecular formula is C21H20N4O3S2. The summed E-state index contributed by atoms with van der Waals surface area (Å²) < 4.78 is 27.0. The molecule has 0 fully saturated rings. The zero-order chi connectivity index (χ0) is 21.5. The quantitative estimate of drug-likeness (QED) is 0.361. The molecule has 0 aliphatic carbocycles. The van der Waals surface area contributed by atoms with E-state index < -0.39 is 15.3 Å². The van der Waals surface area contributed by atoms with Crippen molar-refractivity contribution in [2.75, 3.05) is 11.0 Å². The number of anilines is 1. The molecule has 0 aliphatic heterocycles. The number of thioether (sulfide) groups is 1. The molecule has 0 unspecified atom stereocenters. The molecule has 2 aromatic heterocycles. The first-order valence-electron chi connectivity index (χ1n) is 9.25. The standard InChI is InChI=1S/C21H20N4O3S2/c1-13-12-19-22-23-21(25(19)18-7-5-4-6-17(13)18)29-14(2)20(26)15-8-10-16(11-9-15)24-30(3,27)28/h4-12,14,24H,1-3H3/t14-/m0/s1. The third-order valence-corrected chi connectivity index (χ3v) is 6.35.